The fourth-order valence-electron chi connectivity index (χ4n) is 5.77. The Hall–Kier alpha value is -4.34. The number of fused-ring (bicyclic) bond motifs is 5. The summed E-state index contributed by atoms with van der Waals surface area (Å²) in [6.45, 7) is 4.66. The molecule has 1 aliphatic heterocycles. The molecule has 3 aromatic carbocycles. The third-order valence-electron chi connectivity index (χ3n) is 8.37. The van der Waals surface area contributed by atoms with E-state index in [1.165, 1.54) is 0 Å². The molecule has 0 saturated carbocycles. The first-order chi connectivity index (χ1) is 20.7. The van der Waals surface area contributed by atoms with Gasteiger partial charge in [0.2, 0.25) is 0 Å². The molecule has 1 aliphatic rings. The van der Waals surface area contributed by atoms with Crippen LogP contribution in [0.5, 0.6) is 5.75 Å². The summed E-state index contributed by atoms with van der Waals surface area (Å²) in [5, 5.41) is 14.1. The lowest BCUT2D eigenvalue weighted by Crippen LogP contribution is -2.48. The fourth-order valence-corrected chi connectivity index (χ4v) is 5.77. The van der Waals surface area contributed by atoms with Gasteiger partial charge >= 0.3 is 6.03 Å². The average Bonchev–Trinajstić information content (AvgIpc) is 3.32. The molecule has 9 heteroatoms. The minimum atomic E-state index is -0.423. The summed E-state index contributed by atoms with van der Waals surface area (Å²) >= 11 is 0. The van der Waals surface area contributed by atoms with E-state index >= 15 is 0 Å². The first-order valence-electron chi connectivity index (χ1n) is 14.6. The van der Waals surface area contributed by atoms with E-state index < -0.39 is 6.04 Å². The molecule has 0 radical (unpaired) electrons. The minimum Gasteiger partial charge on any atom is -0.497 e. The van der Waals surface area contributed by atoms with E-state index in [0.717, 1.165) is 27.6 Å². The first kappa shape index (κ1) is 30.1. The van der Waals surface area contributed by atoms with Crippen molar-refractivity contribution in [3.05, 3.63) is 84.1 Å². The highest BCUT2D eigenvalue weighted by molar-refractivity contribution is 6.10. The van der Waals surface area contributed by atoms with E-state index in [1.54, 1.807) is 48.2 Å². The number of carbonyl (C=O) groups is 2. The largest absolute Gasteiger partial charge is 0.497 e. The number of aryl methyl sites for hydroxylation is 1. The van der Waals surface area contributed by atoms with Crippen LogP contribution in [0.15, 0.2) is 72.8 Å². The van der Waals surface area contributed by atoms with Crippen LogP contribution in [0.4, 0.5) is 10.5 Å². The molecule has 0 spiro atoms. The summed E-state index contributed by atoms with van der Waals surface area (Å²) in [5.41, 5.74) is 4.94. The van der Waals surface area contributed by atoms with Crippen molar-refractivity contribution in [2.24, 2.45) is 13.0 Å². The van der Waals surface area contributed by atoms with Gasteiger partial charge in [-0.2, -0.15) is 0 Å². The van der Waals surface area contributed by atoms with Gasteiger partial charge < -0.3 is 34.3 Å². The number of nitrogens with one attached hydrogen (secondary N) is 1. The van der Waals surface area contributed by atoms with Crippen molar-refractivity contribution >= 4 is 28.5 Å². The molecule has 2 N–H and O–H groups in total. The van der Waals surface area contributed by atoms with Gasteiger partial charge in [-0.15, -0.1) is 0 Å². The van der Waals surface area contributed by atoms with E-state index in [4.69, 9.17) is 9.47 Å². The van der Waals surface area contributed by atoms with Crippen LogP contribution in [0.25, 0.3) is 22.0 Å². The maximum absolute atomic E-state index is 14.5. The topological polar surface area (TPSA) is 96.3 Å². The van der Waals surface area contributed by atoms with Crippen LogP contribution in [0, 0.1) is 5.92 Å². The smallest absolute Gasteiger partial charge is 0.321 e. The number of nitrogens with zero attached hydrogens (tertiary/aromatic N) is 3. The van der Waals surface area contributed by atoms with Crippen molar-refractivity contribution in [3.63, 3.8) is 0 Å². The van der Waals surface area contributed by atoms with Gasteiger partial charge in [-0.05, 0) is 48.4 Å². The van der Waals surface area contributed by atoms with Gasteiger partial charge in [-0.25, -0.2) is 4.79 Å². The second-order valence-corrected chi connectivity index (χ2v) is 11.3. The summed E-state index contributed by atoms with van der Waals surface area (Å²) in [7, 11) is 5.25. The predicted octanol–water partition coefficient (Wildman–Crippen LogP) is 5.38. The molecular weight excluding hydrogens is 544 g/mol. The summed E-state index contributed by atoms with van der Waals surface area (Å²) < 4.78 is 13.8. The monoisotopic (exact) mass is 584 g/mol. The summed E-state index contributed by atoms with van der Waals surface area (Å²) in [4.78, 5) is 31.0. The van der Waals surface area contributed by atoms with Crippen LogP contribution < -0.4 is 10.1 Å². The number of likely N-dealkylation sites (N-methyl/N-ethyl adjacent to an activating group) is 1. The highest BCUT2D eigenvalue weighted by atomic mass is 16.5. The van der Waals surface area contributed by atoms with E-state index in [2.05, 4.69) is 5.32 Å². The number of carbonyl (C=O) groups excluding carboxylic acids is 2. The predicted molar refractivity (Wildman–Crippen MR) is 168 cm³/mol. The number of para-hydroxylation sites is 1. The highest BCUT2D eigenvalue weighted by Crippen LogP contribution is 2.38. The van der Waals surface area contributed by atoms with Gasteiger partial charge in [0, 0.05) is 55.3 Å². The van der Waals surface area contributed by atoms with Crippen molar-refractivity contribution in [1.82, 2.24) is 14.4 Å². The normalized spacial score (nSPS) is 17.9. The maximum Gasteiger partial charge on any atom is 0.321 e. The number of hydrogen-bond acceptors (Lipinski definition) is 5. The van der Waals surface area contributed by atoms with Crippen molar-refractivity contribution in [1.29, 1.82) is 0 Å². The number of anilines is 1. The molecule has 43 heavy (non-hydrogen) atoms. The van der Waals surface area contributed by atoms with Gasteiger partial charge in [0.15, 0.2) is 0 Å². The second-order valence-electron chi connectivity index (χ2n) is 11.3. The number of methoxy groups -OCH3 is 1. The Labute approximate surface area is 252 Å². The SMILES string of the molecule is COc1ccc(NC(=O)N(C)C[C@H]2OCc3ccccc3-c3c(n(C)c4ccccc34)C(=O)N([C@H](C)CO)C[C@H]2C)cc1. The molecular formula is C34H40N4O5. The Balaban J connectivity index is 1.51. The number of urea groups is 1. The Morgan fingerprint density at radius 2 is 1.81 bits per heavy atom. The van der Waals surface area contributed by atoms with E-state index in [9.17, 15) is 14.7 Å². The van der Waals surface area contributed by atoms with Crippen LogP contribution >= 0.6 is 0 Å². The lowest BCUT2D eigenvalue weighted by Gasteiger charge is -2.35. The molecule has 0 aliphatic carbocycles. The van der Waals surface area contributed by atoms with Crippen LogP contribution in [0.2, 0.25) is 0 Å². The number of hydrogen-bond donors (Lipinski definition) is 2. The van der Waals surface area contributed by atoms with Gasteiger partial charge in [0.05, 0.1) is 32.5 Å². The zero-order chi connectivity index (χ0) is 30.7. The quantitative estimate of drug-likeness (QED) is 0.318. The van der Waals surface area contributed by atoms with Crippen LogP contribution in [0.1, 0.15) is 29.9 Å². The van der Waals surface area contributed by atoms with E-state index in [0.29, 0.717) is 36.8 Å². The lowest BCUT2D eigenvalue weighted by molar-refractivity contribution is -0.0179. The molecule has 1 aromatic heterocycles. The maximum atomic E-state index is 14.5. The van der Waals surface area contributed by atoms with E-state index in [1.807, 2.05) is 74.0 Å². The van der Waals surface area contributed by atoms with Crippen molar-refractivity contribution < 1.29 is 24.2 Å². The molecule has 0 bridgehead atoms. The van der Waals surface area contributed by atoms with Crippen LogP contribution in [-0.4, -0.2) is 77.4 Å². The first-order valence-corrected chi connectivity index (χ1v) is 14.6. The zero-order valence-electron chi connectivity index (χ0n) is 25.4. The third kappa shape index (κ3) is 6.09. The van der Waals surface area contributed by atoms with Crippen LogP contribution in [0.3, 0.4) is 0 Å². The molecule has 3 amide bonds. The molecule has 226 valence electrons. The fraction of sp³-hybridized carbons (Fsp3) is 0.353. The molecule has 3 atom stereocenters. The Kier molecular flexibility index (Phi) is 9.03. The van der Waals surface area contributed by atoms with Gasteiger partial charge in [0.25, 0.3) is 5.91 Å². The summed E-state index contributed by atoms with van der Waals surface area (Å²) in [5.74, 6) is 0.401. The molecule has 4 aromatic rings. The lowest BCUT2D eigenvalue weighted by atomic mass is 9.96. The van der Waals surface area contributed by atoms with Gasteiger partial charge in [-0.3, -0.25) is 4.79 Å². The Bertz CT molecular complexity index is 1600. The highest BCUT2D eigenvalue weighted by Gasteiger charge is 2.34. The van der Waals surface area contributed by atoms with Crippen molar-refractivity contribution in [2.45, 2.75) is 32.6 Å². The Morgan fingerprint density at radius 3 is 2.53 bits per heavy atom. The number of aromatic nitrogens is 1. The van der Waals surface area contributed by atoms with Crippen molar-refractivity contribution in [3.8, 4) is 16.9 Å². The number of rotatable bonds is 6. The molecule has 5 rings (SSSR count). The molecule has 0 fully saturated rings. The van der Waals surface area contributed by atoms with Crippen LogP contribution in [-0.2, 0) is 18.4 Å². The third-order valence-corrected chi connectivity index (χ3v) is 8.37. The second kappa shape index (κ2) is 12.9. The molecule has 2 heterocycles. The van der Waals surface area contributed by atoms with Gasteiger partial charge in [0.1, 0.15) is 11.4 Å². The van der Waals surface area contributed by atoms with Crippen molar-refractivity contribution in [2.75, 3.05) is 39.2 Å². The molecule has 9 nitrogen and oxygen atoms in total. The molecule has 0 saturated heterocycles. The standard InChI is InChI=1S/C34H40N4O5/c1-22-18-38(23(2)20-39)33(40)32-31(28-12-8-9-13-29(28)37(32)4)27-11-7-6-10-24(27)21-43-30(22)19-36(3)34(41)35-25-14-16-26(42-5)17-15-25/h6-17,22-23,30,39H,18-21H2,1-5H3,(H,35,41)/t22-,23-,30-/m1/s1. The number of aliphatic hydroxyl groups excluding tert-OH is 1. The van der Waals surface area contributed by atoms with E-state index in [-0.39, 0.29) is 30.6 Å². The number of benzene rings is 3. The summed E-state index contributed by atoms with van der Waals surface area (Å²) in [6, 6.07) is 22.5. The average molecular weight is 585 g/mol. The summed E-state index contributed by atoms with van der Waals surface area (Å²) in [6.07, 6.45) is -0.390. The number of amides is 3. The van der Waals surface area contributed by atoms with Gasteiger partial charge in [-0.1, -0.05) is 49.4 Å². The molecule has 0 unspecified atom stereocenters. The minimum absolute atomic E-state index is 0.150. The number of ether oxygens (including phenoxy) is 2. The zero-order valence-corrected chi connectivity index (χ0v) is 25.4. The Morgan fingerprint density at radius 1 is 1.12 bits per heavy atom. The number of aliphatic hydroxyl groups is 1.